The SMILES string of the molecule is C[C@@H](C(=O)Nc1ccc(C(F)(F)F)cc1)N(C)CC(=O)Nc1ccc(Cl)c(C(F)(F)F)c1. The van der Waals surface area contributed by atoms with Gasteiger partial charge in [0.2, 0.25) is 11.8 Å². The summed E-state index contributed by atoms with van der Waals surface area (Å²) in [6, 6.07) is 5.86. The maximum absolute atomic E-state index is 12.9. The lowest BCUT2D eigenvalue weighted by atomic mass is 10.2. The van der Waals surface area contributed by atoms with Gasteiger partial charge in [-0.3, -0.25) is 14.5 Å². The van der Waals surface area contributed by atoms with Crippen LogP contribution >= 0.6 is 11.6 Å². The maximum Gasteiger partial charge on any atom is 0.417 e. The first-order chi connectivity index (χ1) is 14.7. The zero-order valence-corrected chi connectivity index (χ0v) is 17.5. The highest BCUT2D eigenvalue weighted by Gasteiger charge is 2.33. The van der Waals surface area contributed by atoms with E-state index in [2.05, 4.69) is 10.6 Å². The summed E-state index contributed by atoms with van der Waals surface area (Å²) in [5, 5.41) is 4.22. The first-order valence-electron chi connectivity index (χ1n) is 9.03. The fourth-order valence-corrected chi connectivity index (χ4v) is 2.80. The Labute approximate surface area is 184 Å². The highest BCUT2D eigenvalue weighted by atomic mass is 35.5. The largest absolute Gasteiger partial charge is 0.417 e. The van der Waals surface area contributed by atoms with E-state index in [0.29, 0.717) is 6.07 Å². The molecule has 2 aromatic rings. The standard InChI is InChI=1S/C20H18ClF6N3O2/c1-11(18(32)29-13-5-3-12(4-6-13)19(22,23)24)30(2)10-17(31)28-14-7-8-16(21)15(9-14)20(25,26)27/h3-9,11H,10H2,1-2H3,(H,28,31)(H,29,32)/t11-/m0/s1. The third-order valence-corrected chi connectivity index (χ3v) is 4.80. The van der Waals surface area contributed by atoms with E-state index in [1.54, 1.807) is 0 Å². The lowest BCUT2D eigenvalue weighted by Gasteiger charge is -2.23. The number of rotatable bonds is 6. The van der Waals surface area contributed by atoms with E-state index in [-0.39, 0.29) is 17.9 Å². The Morgan fingerprint density at radius 2 is 1.50 bits per heavy atom. The molecule has 0 aromatic heterocycles. The Balaban J connectivity index is 1.96. The second-order valence-corrected chi connectivity index (χ2v) is 7.30. The molecule has 12 heteroatoms. The van der Waals surface area contributed by atoms with Crippen LogP contribution in [0.4, 0.5) is 37.7 Å². The van der Waals surface area contributed by atoms with Crippen LogP contribution in [0.3, 0.4) is 0 Å². The summed E-state index contributed by atoms with van der Waals surface area (Å²) >= 11 is 5.53. The second-order valence-electron chi connectivity index (χ2n) is 6.90. The zero-order valence-electron chi connectivity index (χ0n) is 16.7. The number of halogens is 7. The number of amides is 2. The predicted octanol–water partition coefficient (Wildman–Crippen LogP) is 5.28. The summed E-state index contributed by atoms with van der Waals surface area (Å²) in [6.45, 7) is 1.11. The van der Waals surface area contributed by atoms with E-state index in [9.17, 15) is 35.9 Å². The van der Waals surface area contributed by atoms with Gasteiger partial charge in [0.15, 0.2) is 0 Å². The smallest absolute Gasteiger partial charge is 0.325 e. The molecule has 0 fully saturated rings. The molecular weight excluding hydrogens is 464 g/mol. The van der Waals surface area contributed by atoms with Gasteiger partial charge in [-0.25, -0.2) is 0 Å². The van der Waals surface area contributed by atoms with Crippen LogP contribution in [0.5, 0.6) is 0 Å². The minimum absolute atomic E-state index is 0.123. The van der Waals surface area contributed by atoms with E-state index in [1.807, 2.05) is 0 Å². The Bertz CT molecular complexity index is 977. The molecule has 2 rings (SSSR count). The topological polar surface area (TPSA) is 61.4 Å². The molecule has 0 spiro atoms. The van der Waals surface area contributed by atoms with Crippen LogP contribution in [0.25, 0.3) is 0 Å². The highest BCUT2D eigenvalue weighted by molar-refractivity contribution is 6.31. The van der Waals surface area contributed by atoms with Crippen LogP contribution in [-0.2, 0) is 21.9 Å². The van der Waals surface area contributed by atoms with Crippen molar-refractivity contribution in [1.29, 1.82) is 0 Å². The molecule has 0 aliphatic heterocycles. The predicted molar refractivity (Wildman–Crippen MR) is 107 cm³/mol. The fourth-order valence-electron chi connectivity index (χ4n) is 2.57. The molecule has 0 aliphatic carbocycles. The zero-order chi connectivity index (χ0) is 24.3. The molecule has 1 atom stereocenters. The molecule has 0 saturated carbocycles. The van der Waals surface area contributed by atoms with Gasteiger partial charge in [0.05, 0.1) is 28.7 Å². The molecule has 174 valence electrons. The second kappa shape index (κ2) is 9.78. The van der Waals surface area contributed by atoms with Crippen molar-refractivity contribution in [3.63, 3.8) is 0 Å². The van der Waals surface area contributed by atoms with Crippen molar-refractivity contribution in [3.8, 4) is 0 Å². The van der Waals surface area contributed by atoms with E-state index in [1.165, 1.54) is 24.9 Å². The fraction of sp³-hybridized carbons (Fsp3) is 0.300. The number of carbonyl (C=O) groups excluding carboxylic acids is 2. The van der Waals surface area contributed by atoms with Gasteiger partial charge in [0.1, 0.15) is 0 Å². The highest BCUT2D eigenvalue weighted by Crippen LogP contribution is 2.36. The molecule has 2 aromatic carbocycles. The Hall–Kier alpha value is -2.79. The number of benzene rings is 2. The van der Waals surface area contributed by atoms with Crippen LogP contribution < -0.4 is 10.6 Å². The molecule has 0 unspecified atom stereocenters. The van der Waals surface area contributed by atoms with Gasteiger partial charge in [-0.05, 0) is 56.4 Å². The number of alkyl halides is 6. The number of likely N-dealkylation sites (N-methyl/N-ethyl adjacent to an activating group) is 1. The summed E-state index contributed by atoms with van der Waals surface area (Å²) in [5.41, 5.74) is -1.96. The Morgan fingerprint density at radius 1 is 0.938 bits per heavy atom. The average Bonchev–Trinajstić information content (AvgIpc) is 2.67. The number of hydrogen-bond donors (Lipinski definition) is 2. The molecule has 0 radical (unpaired) electrons. The summed E-state index contributed by atoms with van der Waals surface area (Å²) in [6.07, 6.45) is -9.20. The molecule has 0 heterocycles. The maximum atomic E-state index is 12.9. The van der Waals surface area contributed by atoms with Crippen LogP contribution in [0.2, 0.25) is 5.02 Å². The average molecular weight is 482 g/mol. The molecule has 0 saturated heterocycles. The third-order valence-electron chi connectivity index (χ3n) is 4.47. The van der Waals surface area contributed by atoms with Crippen LogP contribution in [-0.4, -0.2) is 36.3 Å². The summed E-state index contributed by atoms with van der Waals surface area (Å²) in [5.74, 6) is -1.27. The molecule has 2 amide bonds. The van der Waals surface area contributed by atoms with Gasteiger partial charge in [-0.2, -0.15) is 26.3 Å². The number of anilines is 2. The Kier molecular flexibility index (Phi) is 7.79. The van der Waals surface area contributed by atoms with Crippen molar-refractivity contribution in [2.24, 2.45) is 0 Å². The van der Waals surface area contributed by atoms with E-state index in [0.717, 1.165) is 30.3 Å². The van der Waals surface area contributed by atoms with Crippen molar-refractivity contribution in [3.05, 3.63) is 58.6 Å². The van der Waals surface area contributed by atoms with E-state index in [4.69, 9.17) is 11.6 Å². The van der Waals surface area contributed by atoms with Gasteiger partial charge >= 0.3 is 12.4 Å². The third kappa shape index (κ3) is 6.86. The van der Waals surface area contributed by atoms with Crippen molar-refractivity contribution >= 4 is 34.8 Å². The number of hydrogen-bond acceptors (Lipinski definition) is 3. The van der Waals surface area contributed by atoms with Gasteiger partial charge in [-0.1, -0.05) is 11.6 Å². The van der Waals surface area contributed by atoms with Crippen LogP contribution in [0.1, 0.15) is 18.1 Å². The van der Waals surface area contributed by atoms with Gasteiger partial charge in [-0.15, -0.1) is 0 Å². The summed E-state index contributed by atoms with van der Waals surface area (Å²) in [7, 11) is 1.43. The van der Waals surface area contributed by atoms with Crippen molar-refractivity contribution in [2.75, 3.05) is 24.2 Å². The number of carbonyl (C=O) groups is 2. The van der Waals surface area contributed by atoms with Crippen molar-refractivity contribution in [1.82, 2.24) is 4.90 Å². The summed E-state index contributed by atoms with van der Waals surface area (Å²) < 4.78 is 76.6. The van der Waals surface area contributed by atoms with Crippen LogP contribution in [0, 0.1) is 0 Å². The Morgan fingerprint density at radius 3 is 2.03 bits per heavy atom. The normalized spacial score (nSPS) is 13.1. The summed E-state index contributed by atoms with van der Waals surface area (Å²) in [4.78, 5) is 25.8. The van der Waals surface area contributed by atoms with E-state index < -0.39 is 46.4 Å². The number of nitrogens with zero attached hydrogens (tertiary/aromatic N) is 1. The molecule has 2 N–H and O–H groups in total. The lowest BCUT2D eigenvalue weighted by molar-refractivity contribution is -0.138. The molecule has 5 nitrogen and oxygen atoms in total. The van der Waals surface area contributed by atoms with Crippen molar-refractivity contribution in [2.45, 2.75) is 25.3 Å². The molecule has 0 aliphatic rings. The molecular formula is C20H18ClF6N3O2. The monoisotopic (exact) mass is 481 g/mol. The molecule has 32 heavy (non-hydrogen) atoms. The minimum atomic E-state index is -4.69. The lowest BCUT2D eigenvalue weighted by Crippen LogP contribution is -2.43. The van der Waals surface area contributed by atoms with Crippen LogP contribution in [0.15, 0.2) is 42.5 Å². The quantitative estimate of drug-likeness (QED) is 0.552. The minimum Gasteiger partial charge on any atom is -0.325 e. The molecule has 0 bridgehead atoms. The van der Waals surface area contributed by atoms with Gasteiger partial charge in [0, 0.05) is 11.4 Å². The van der Waals surface area contributed by atoms with Gasteiger partial charge < -0.3 is 10.6 Å². The first kappa shape index (κ1) is 25.5. The van der Waals surface area contributed by atoms with Gasteiger partial charge in [0.25, 0.3) is 0 Å². The first-order valence-corrected chi connectivity index (χ1v) is 9.41. The van der Waals surface area contributed by atoms with Crippen molar-refractivity contribution < 1.29 is 35.9 Å². The number of nitrogens with one attached hydrogen (secondary N) is 2. The van der Waals surface area contributed by atoms with E-state index >= 15 is 0 Å².